The van der Waals surface area contributed by atoms with E-state index in [0.717, 1.165) is 17.3 Å². The van der Waals surface area contributed by atoms with Crippen molar-refractivity contribution in [3.05, 3.63) is 125 Å². The Morgan fingerprint density at radius 3 is 1.48 bits per heavy atom. The monoisotopic (exact) mass is 461 g/mol. The lowest BCUT2D eigenvalue weighted by molar-refractivity contribution is 0.573. The van der Waals surface area contributed by atoms with Crippen LogP contribution in [0, 0.1) is 0 Å². The van der Waals surface area contributed by atoms with Crippen molar-refractivity contribution in [3.63, 3.8) is 0 Å². The summed E-state index contributed by atoms with van der Waals surface area (Å²) in [5, 5.41) is 6.02. The SMILES string of the molecule is Clc1ccc(Cl)c2oc(C[P+](c3ccccc3)(c3ccccc3)c3ccccc3)cc12. The predicted molar refractivity (Wildman–Crippen MR) is 135 cm³/mol. The molecule has 4 aromatic carbocycles. The van der Waals surface area contributed by atoms with Gasteiger partial charge < -0.3 is 4.42 Å². The zero-order chi connectivity index (χ0) is 21.3. The summed E-state index contributed by atoms with van der Waals surface area (Å²) in [6.07, 6.45) is 0.742. The van der Waals surface area contributed by atoms with Gasteiger partial charge in [0.05, 0.1) is 10.0 Å². The van der Waals surface area contributed by atoms with Gasteiger partial charge in [-0.2, -0.15) is 0 Å². The molecule has 0 saturated carbocycles. The zero-order valence-corrected chi connectivity index (χ0v) is 19.1. The topological polar surface area (TPSA) is 13.1 Å². The van der Waals surface area contributed by atoms with E-state index in [2.05, 4.69) is 91.0 Å². The van der Waals surface area contributed by atoms with E-state index in [4.69, 9.17) is 27.6 Å². The van der Waals surface area contributed by atoms with Crippen LogP contribution in [0.3, 0.4) is 0 Å². The molecule has 1 nitrogen and oxygen atoms in total. The van der Waals surface area contributed by atoms with Crippen molar-refractivity contribution in [2.75, 3.05) is 0 Å². The largest absolute Gasteiger partial charge is 0.456 e. The van der Waals surface area contributed by atoms with Crippen LogP contribution in [-0.2, 0) is 6.16 Å². The van der Waals surface area contributed by atoms with Crippen molar-refractivity contribution >= 4 is 57.3 Å². The van der Waals surface area contributed by atoms with Crippen LogP contribution in [0.2, 0.25) is 10.0 Å². The van der Waals surface area contributed by atoms with Crippen molar-refractivity contribution in [2.45, 2.75) is 6.16 Å². The lowest BCUT2D eigenvalue weighted by Gasteiger charge is -2.26. The molecule has 1 heterocycles. The Bertz CT molecular complexity index is 1180. The second-order valence-corrected chi connectivity index (χ2v) is 11.8. The van der Waals surface area contributed by atoms with E-state index in [1.807, 2.05) is 12.1 Å². The molecule has 1 aromatic heterocycles. The van der Waals surface area contributed by atoms with E-state index in [-0.39, 0.29) is 0 Å². The van der Waals surface area contributed by atoms with Gasteiger partial charge in [-0.3, -0.25) is 0 Å². The van der Waals surface area contributed by atoms with Crippen molar-refractivity contribution < 1.29 is 4.42 Å². The standard InChI is InChI=1S/C27H20Cl2OP/c28-25-16-17-26(29)27-24(25)18-20(30-27)19-31(21-10-4-1-5-11-21,22-12-6-2-7-13-22)23-14-8-3-9-15-23/h1-18H,19H2/q+1. The van der Waals surface area contributed by atoms with Crippen LogP contribution >= 0.6 is 30.5 Å². The maximum atomic E-state index is 6.46. The van der Waals surface area contributed by atoms with Crippen molar-refractivity contribution in [2.24, 2.45) is 0 Å². The van der Waals surface area contributed by atoms with Gasteiger partial charge in [-0.15, -0.1) is 0 Å². The lowest BCUT2D eigenvalue weighted by Crippen LogP contribution is -2.32. The molecule has 5 rings (SSSR count). The Kier molecular flexibility index (Phi) is 5.59. The number of hydrogen-bond acceptors (Lipinski definition) is 1. The minimum Gasteiger partial charge on any atom is -0.456 e. The Morgan fingerprint density at radius 2 is 1.03 bits per heavy atom. The highest BCUT2D eigenvalue weighted by molar-refractivity contribution is 7.95. The molecule has 0 atom stereocenters. The van der Waals surface area contributed by atoms with E-state index in [1.165, 1.54) is 15.9 Å². The van der Waals surface area contributed by atoms with Gasteiger partial charge in [0.15, 0.2) is 5.58 Å². The van der Waals surface area contributed by atoms with Crippen LogP contribution in [0.5, 0.6) is 0 Å². The summed E-state index contributed by atoms with van der Waals surface area (Å²) < 4.78 is 6.31. The molecule has 0 aliphatic carbocycles. The van der Waals surface area contributed by atoms with Crippen molar-refractivity contribution in [3.8, 4) is 0 Å². The fraction of sp³-hybridized carbons (Fsp3) is 0.0370. The van der Waals surface area contributed by atoms with Gasteiger partial charge in [0.1, 0.15) is 35.1 Å². The molecular formula is C27H20Cl2OP+. The third-order valence-electron chi connectivity index (χ3n) is 5.62. The molecule has 0 bridgehead atoms. The van der Waals surface area contributed by atoms with Gasteiger partial charge in [0.25, 0.3) is 0 Å². The maximum Gasteiger partial charge on any atom is 0.154 e. The first-order valence-corrected chi connectivity index (χ1v) is 12.8. The highest BCUT2D eigenvalue weighted by atomic mass is 35.5. The molecule has 0 spiro atoms. The van der Waals surface area contributed by atoms with Crippen molar-refractivity contribution in [1.29, 1.82) is 0 Å². The quantitative estimate of drug-likeness (QED) is 0.251. The van der Waals surface area contributed by atoms with Gasteiger partial charge >= 0.3 is 0 Å². The first kappa shape index (κ1) is 20.3. The molecule has 4 heteroatoms. The minimum absolute atomic E-state index is 0.578. The van der Waals surface area contributed by atoms with Gasteiger partial charge in [0.2, 0.25) is 0 Å². The number of benzene rings is 4. The van der Waals surface area contributed by atoms with E-state index >= 15 is 0 Å². The fourth-order valence-corrected chi connectivity index (χ4v) is 8.70. The fourth-order valence-electron chi connectivity index (χ4n) is 4.19. The number of rotatable bonds is 5. The third kappa shape index (κ3) is 3.68. The average molecular weight is 462 g/mol. The molecule has 0 aliphatic rings. The number of hydrogen-bond donors (Lipinski definition) is 0. The van der Waals surface area contributed by atoms with Crippen LogP contribution in [0.15, 0.2) is 114 Å². The number of halogens is 2. The molecule has 5 aromatic rings. The summed E-state index contributed by atoms with van der Waals surface area (Å²) in [4.78, 5) is 0. The molecule has 31 heavy (non-hydrogen) atoms. The molecule has 0 amide bonds. The summed E-state index contributed by atoms with van der Waals surface area (Å²) in [5.41, 5.74) is 0.649. The van der Waals surface area contributed by atoms with Gasteiger partial charge in [-0.25, -0.2) is 0 Å². The first-order valence-electron chi connectivity index (χ1n) is 10.1. The highest BCUT2D eigenvalue weighted by Gasteiger charge is 2.46. The van der Waals surface area contributed by atoms with Crippen LogP contribution in [0.25, 0.3) is 11.0 Å². The minimum atomic E-state index is -2.04. The van der Waals surface area contributed by atoms with Gasteiger partial charge in [0, 0.05) is 5.39 Å². The highest BCUT2D eigenvalue weighted by Crippen LogP contribution is 2.58. The summed E-state index contributed by atoms with van der Waals surface area (Å²) in [6.45, 7) is 0. The molecule has 152 valence electrons. The second kappa shape index (κ2) is 8.52. The third-order valence-corrected chi connectivity index (χ3v) is 10.6. The summed E-state index contributed by atoms with van der Waals surface area (Å²) in [5.74, 6) is 0.884. The number of furan rings is 1. The molecule has 0 fully saturated rings. The molecule has 0 saturated heterocycles. The average Bonchev–Trinajstić information content (AvgIpc) is 3.27. The van der Waals surface area contributed by atoms with E-state index in [0.29, 0.717) is 15.6 Å². The molecule has 0 unspecified atom stereocenters. The summed E-state index contributed by atoms with van der Waals surface area (Å²) >= 11 is 12.9. The Morgan fingerprint density at radius 1 is 0.581 bits per heavy atom. The Balaban J connectivity index is 1.78. The molecule has 0 aliphatic heterocycles. The second-order valence-electron chi connectivity index (χ2n) is 7.46. The molecular weight excluding hydrogens is 442 g/mol. The first-order chi connectivity index (χ1) is 15.2. The van der Waals surface area contributed by atoms with Gasteiger partial charge in [-0.1, -0.05) is 77.8 Å². The maximum absolute atomic E-state index is 6.46. The zero-order valence-electron chi connectivity index (χ0n) is 16.7. The van der Waals surface area contributed by atoms with E-state index in [9.17, 15) is 0 Å². The Labute approximate surface area is 192 Å². The van der Waals surface area contributed by atoms with Crippen molar-refractivity contribution in [1.82, 2.24) is 0 Å². The smallest absolute Gasteiger partial charge is 0.154 e. The lowest BCUT2D eigenvalue weighted by atomic mass is 10.2. The molecule has 0 radical (unpaired) electrons. The number of fused-ring (bicyclic) bond motifs is 1. The Hall–Kier alpha value is -2.57. The summed E-state index contributed by atoms with van der Waals surface area (Å²) in [6, 6.07) is 37.9. The van der Waals surface area contributed by atoms with Gasteiger partial charge in [-0.05, 0) is 54.6 Å². The van der Waals surface area contributed by atoms with E-state index < -0.39 is 7.26 Å². The normalized spacial score (nSPS) is 11.7. The summed E-state index contributed by atoms with van der Waals surface area (Å²) in [7, 11) is -2.04. The predicted octanol–water partition coefficient (Wildman–Crippen LogP) is 7.23. The van der Waals surface area contributed by atoms with Crippen LogP contribution in [0.4, 0.5) is 0 Å². The van der Waals surface area contributed by atoms with Crippen LogP contribution in [-0.4, -0.2) is 0 Å². The van der Waals surface area contributed by atoms with E-state index in [1.54, 1.807) is 6.07 Å². The molecule has 0 N–H and O–H groups in total. The van der Waals surface area contributed by atoms with Crippen LogP contribution in [0.1, 0.15) is 5.76 Å². The van der Waals surface area contributed by atoms with Crippen LogP contribution < -0.4 is 15.9 Å².